The highest BCUT2D eigenvalue weighted by Gasteiger charge is 2.17. The number of halogens is 3. The van der Waals surface area contributed by atoms with E-state index in [9.17, 15) is 8.42 Å². The molecule has 106 valence electrons. The van der Waals surface area contributed by atoms with E-state index in [4.69, 9.17) is 17.3 Å². The predicted octanol–water partition coefficient (Wildman–Crippen LogP) is 4.25. The van der Waals surface area contributed by atoms with E-state index < -0.39 is 10.0 Å². The van der Waals surface area contributed by atoms with Crippen LogP contribution in [-0.2, 0) is 10.0 Å². The van der Waals surface area contributed by atoms with Crippen LogP contribution < -0.4 is 10.5 Å². The fourth-order valence-electron chi connectivity index (χ4n) is 1.51. The summed E-state index contributed by atoms with van der Waals surface area (Å²) in [5, 5.41) is 0.466. The summed E-state index contributed by atoms with van der Waals surface area (Å²) < 4.78 is 28.3. The number of rotatable bonds is 3. The van der Waals surface area contributed by atoms with Gasteiger partial charge in [0, 0.05) is 14.0 Å². The number of anilines is 2. The van der Waals surface area contributed by atoms with Crippen LogP contribution in [0, 0.1) is 0 Å². The fraction of sp³-hybridized carbons (Fsp3) is 0. The third kappa shape index (κ3) is 3.46. The van der Waals surface area contributed by atoms with Crippen LogP contribution in [0.25, 0.3) is 0 Å². The van der Waals surface area contributed by atoms with Gasteiger partial charge in [0.05, 0.1) is 16.3 Å². The second kappa shape index (κ2) is 5.93. The molecule has 8 heteroatoms. The predicted molar refractivity (Wildman–Crippen MR) is 88.5 cm³/mol. The second-order valence-electron chi connectivity index (χ2n) is 3.91. The maximum Gasteiger partial charge on any atom is 0.261 e. The molecule has 0 aliphatic carbocycles. The van der Waals surface area contributed by atoms with E-state index in [-0.39, 0.29) is 4.90 Å². The van der Waals surface area contributed by atoms with Gasteiger partial charge in [-0.15, -0.1) is 0 Å². The fourth-order valence-corrected chi connectivity index (χ4v) is 4.23. The topological polar surface area (TPSA) is 72.2 Å². The number of nitrogens with two attached hydrogens (primary N) is 1. The molecule has 0 heterocycles. The average molecular weight is 441 g/mol. The van der Waals surface area contributed by atoms with Crippen molar-refractivity contribution in [2.75, 3.05) is 10.5 Å². The van der Waals surface area contributed by atoms with Gasteiger partial charge >= 0.3 is 0 Å². The number of sulfonamides is 1. The van der Waals surface area contributed by atoms with Crippen molar-refractivity contribution in [2.45, 2.75) is 4.90 Å². The Bertz CT molecular complexity index is 726. The highest BCUT2D eigenvalue weighted by atomic mass is 79.9. The molecule has 0 radical (unpaired) electrons. The molecule has 0 aliphatic heterocycles. The van der Waals surface area contributed by atoms with Crippen molar-refractivity contribution in [1.29, 1.82) is 0 Å². The molecule has 2 aromatic rings. The van der Waals surface area contributed by atoms with Crippen molar-refractivity contribution in [2.24, 2.45) is 0 Å². The number of nitrogens with one attached hydrogen (secondary N) is 1. The molecule has 0 unspecified atom stereocenters. The van der Waals surface area contributed by atoms with Gasteiger partial charge in [-0.25, -0.2) is 8.42 Å². The Hall–Kier alpha value is -0.760. The second-order valence-corrected chi connectivity index (χ2v) is 7.80. The van der Waals surface area contributed by atoms with Crippen LogP contribution >= 0.6 is 43.5 Å². The first kappa shape index (κ1) is 15.6. The number of hydrogen-bond donors (Lipinski definition) is 2. The first-order chi connectivity index (χ1) is 9.29. The zero-order valence-corrected chi connectivity index (χ0v) is 14.6. The first-order valence-corrected chi connectivity index (χ1v) is 8.77. The minimum Gasteiger partial charge on any atom is -0.397 e. The minimum atomic E-state index is -3.72. The van der Waals surface area contributed by atoms with Gasteiger partial charge in [-0.3, -0.25) is 4.72 Å². The molecule has 0 amide bonds. The average Bonchev–Trinajstić information content (AvgIpc) is 2.34. The van der Waals surface area contributed by atoms with Gasteiger partial charge < -0.3 is 5.73 Å². The monoisotopic (exact) mass is 438 g/mol. The van der Waals surface area contributed by atoms with Crippen molar-refractivity contribution in [3.05, 3.63) is 50.4 Å². The molecule has 0 spiro atoms. The normalized spacial score (nSPS) is 11.3. The van der Waals surface area contributed by atoms with E-state index in [0.29, 0.717) is 20.9 Å². The maximum absolute atomic E-state index is 12.3. The van der Waals surface area contributed by atoms with Gasteiger partial charge in [0.2, 0.25) is 0 Å². The van der Waals surface area contributed by atoms with Gasteiger partial charge in [0.1, 0.15) is 0 Å². The summed E-state index contributed by atoms with van der Waals surface area (Å²) >= 11 is 12.3. The van der Waals surface area contributed by atoms with E-state index in [2.05, 4.69) is 36.6 Å². The molecule has 4 nitrogen and oxygen atoms in total. The van der Waals surface area contributed by atoms with E-state index in [1.54, 1.807) is 12.1 Å². The first-order valence-electron chi connectivity index (χ1n) is 5.32. The van der Waals surface area contributed by atoms with Gasteiger partial charge in [0.25, 0.3) is 10.0 Å². The van der Waals surface area contributed by atoms with Crippen molar-refractivity contribution in [3.63, 3.8) is 0 Å². The lowest BCUT2D eigenvalue weighted by Crippen LogP contribution is -2.14. The molecule has 0 atom stereocenters. The van der Waals surface area contributed by atoms with E-state index >= 15 is 0 Å². The lowest BCUT2D eigenvalue weighted by atomic mass is 10.3. The molecule has 0 saturated carbocycles. The summed E-state index contributed by atoms with van der Waals surface area (Å²) in [5.41, 5.74) is 6.43. The van der Waals surface area contributed by atoms with E-state index in [1.165, 1.54) is 24.3 Å². The zero-order valence-electron chi connectivity index (χ0n) is 9.90. The van der Waals surface area contributed by atoms with Gasteiger partial charge in [-0.2, -0.15) is 0 Å². The van der Waals surface area contributed by atoms with E-state index in [1.807, 2.05) is 0 Å². The SMILES string of the molecule is Nc1cc(Br)cc(Br)c1NS(=O)(=O)c1ccc(Cl)cc1. The molecule has 0 saturated heterocycles. The van der Waals surface area contributed by atoms with E-state index in [0.717, 1.165) is 4.47 Å². The van der Waals surface area contributed by atoms with Crippen molar-refractivity contribution in [1.82, 2.24) is 0 Å². The lowest BCUT2D eigenvalue weighted by molar-refractivity contribution is 0.601. The minimum absolute atomic E-state index is 0.108. The highest BCUT2D eigenvalue weighted by molar-refractivity contribution is 9.11. The molecular formula is C12H9Br2ClN2O2S. The molecule has 0 aliphatic rings. The molecule has 0 aromatic heterocycles. The summed E-state index contributed by atoms with van der Waals surface area (Å²) in [6.07, 6.45) is 0. The molecule has 3 N–H and O–H groups in total. The van der Waals surface area contributed by atoms with Crippen LogP contribution in [0.2, 0.25) is 5.02 Å². The Labute approximate surface area is 138 Å². The summed E-state index contributed by atoms with van der Waals surface area (Å²) in [7, 11) is -3.72. The van der Waals surface area contributed by atoms with Crippen LogP contribution in [0.3, 0.4) is 0 Å². The Balaban J connectivity index is 2.41. The van der Waals surface area contributed by atoms with Crippen LogP contribution in [-0.4, -0.2) is 8.42 Å². The third-order valence-corrected chi connectivity index (χ3v) is 5.15. The van der Waals surface area contributed by atoms with Crippen molar-refractivity contribution in [3.8, 4) is 0 Å². The van der Waals surface area contributed by atoms with Gasteiger partial charge in [0.15, 0.2) is 0 Å². The van der Waals surface area contributed by atoms with Crippen LogP contribution in [0.1, 0.15) is 0 Å². The van der Waals surface area contributed by atoms with Gasteiger partial charge in [-0.05, 0) is 52.3 Å². The summed E-state index contributed by atoms with van der Waals surface area (Å²) in [6, 6.07) is 9.19. The quantitative estimate of drug-likeness (QED) is 0.701. The highest BCUT2D eigenvalue weighted by Crippen LogP contribution is 2.34. The zero-order chi connectivity index (χ0) is 14.9. The Morgan fingerprint density at radius 3 is 2.25 bits per heavy atom. The third-order valence-electron chi connectivity index (χ3n) is 2.45. The molecule has 20 heavy (non-hydrogen) atoms. The molecule has 0 bridgehead atoms. The Morgan fingerprint density at radius 1 is 1.10 bits per heavy atom. The Kier molecular flexibility index (Phi) is 4.63. The molecule has 2 aromatic carbocycles. The molecule has 0 fully saturated rings. The Morgan fingerprint density at radius 2 is 1.70 bits per heavy atom. The van der Waals surface area contributed by atoms with Crippen LogP contribution in [0.4, 0.5) is 11.4 Å². The number of benzene rings is 2. The van der Waals surface area contributed by atoms with Crippen LogP contribution in [0.5, 0.6) is 0 Å². The largest absolute Gasteiger partial charge is 0.397 e. The number of nitrogen functional groups attached to an aromatic ring is 1. The molecular weight excluding hydrogens is 431 g/mol. The van der Waals surface area contributed by atoms with Gasteiger partial charge in [-0.1, -0.05) is 27.5 Å². The summed E-state index contributed by atoms with van der Waals surface area (Å²) in [5.74, 6) is 0. The van der Waals surface area contributed by atoms with Crippen molar-refractivity contribution < 1.29 is 8.42 Å². The number of hydrogen-bond acceptors (Lipinski definition) is 3. The summed E-state index contributed by atoms with van der Waals surface area (Å²) in [4.78, 5) is 0.108. The van der Waals surface area contributed by atoms with Crippen LogP contribution in [0.15, 0.2) is 50.2 Å². The lowest BCUT2D eigenvalue weighted by Gasteiger charge is -2.12. The maximum atomic E-state index is 12.3. The smallest absolute Gasteiger partial charge is 0.261 e. The standard InChI is InChI=1S/C12H9Br2ClN2O2S/c13-7-5-10(14)12(11(16)6-7)17-20(18,19)9-3-1-8(15)2-4-9/h1-6,17H,16H2. The van der Waals surface area contributed by atoms with Crippen molar-refractivity contribution >= 4 is 64.9 Å². The summed E-state index contributed by atoms with van der Waals surface area (Å²) in [6.45, 7) is 0. The molecule has 2 rings (SSSR count).